The SMILES string of the molecule is CC(=O)N1C=Cc2ccccc2[C@H]1CC(=O)OCC(=O)N(C)C. The molecule has 23 heavy (non-hydrogen) atoms. The number of amides is 2. The molecule has 1 aromatic carbocycles. The fourth-order valence-corrected chi connectivity index (χ4v) is 2.40. The van der Waals surface area contributed by atoms with Gasteiger partial charge >= 0.3 is 5.97 Å². The molecule has 0 aromatic heterocycles. The Kier molecular flexibility index (Phi) is 5.16. The van der Waals surface area contributed by atoms with Crippen LogP contribution in [0.5, 0.6) is 0 Å². The number of nitrogens with zero attached hydrogens (tertiary/aromatic N) is 2. The molecule has 0 saturated carbocycles. The third kappa shape index (κ3) is 3.97. The fraction of sp³-hybridized carbons (Fsp3) is 0.353. The molecule has 122 valence electrons. The van der Waals surface area contributed by atoms with Crippen molar-refractivity contribution in [3.63, 3.8) is 0 Å². The van der Waals surface area contributed by atoms with E-state index in [4.69, 9.17) is 4.74 Å². The monoisotopic (exact) mass is 316 g/mol. The third-order valence-corrected chi connectivity index (χ3v) is 3.68. The molecule has 1 heterocycles. The molecule has 0 unspecified atom stereocenters. The molecule has 6 nitrogen and oxygen atoms in total. The fourth-order valence-electron chi connectivity index (χ4n) is 2.40. The first-order chi connectivity index (χ1) is 10.9. The molecule has 0 fully saturated rings. The molecule has 0 radical (unpaired) electrons. The lowest BCUT2D eigenvalue weighted by molar-refractivity contribution is -0.152. The number of carbonyl (C=O) groups excluding carboxylic acids is 3. The van der Waals surface area contributed by atoms with Crippen LogP contribution in [0.3, 0.4) is 0 Å². The molecule has 2 amide bonds. The highest BCUT2D eigenvalue weighted by Gasteiger charge is 2.28. The Hall–Kier alpha value is -2.63. The largest absolute Gasteiger partial charge is 0.455 e. The van der Waals surface area contributed by atoms with Crippen LogP contribution < -0.4 is 0 Å². The molecule has 0 bridgehead atoms. The maximum absolute atomic E-state index is 12.1. The second-order valence-electron chi connectivity index (χ2n) is 5.54. The number of likely N-dealkylation sites (N-methyl/N-ethyl adjacent to an activating group) is 1. The van der Waals surface area contributed by atoms with Crippen LogP contribution in [0.2, 0.25) is 0 Å². The smallest absolute Gasteiger partial charge is 0.308 e. The summed E-state index contributed by atoms with van der Waals surface area (Å²) in [7, 11) is 3.19. The van der Waals surface area contributed by atoms with Crippen LogP contribution in [0.25, 0.3) is 6.08 Å². The van der Waals surface area contributed by atoms with Gasteiger partial charge in [0.05, 0.1) is 12.5 Å². The zero-order valence-corrected chi connectivity index (χ0v) is 13.5. The molecule has 2 rings (SSSR count). The van der Waals surface area contributed by atoms with Crippen LogP contribution in [0.4, 0.5) is 0 Å². The minimum atomic E-state index is -0.512. The van der Waals surface area contributed by atoms with E-state index in [1.165, 1.54) is 16.7 Å². The average molecular weight is 316 g/mol. The van der Waals surface area contributed by atoms with Gasteiger partial charge in [-0.15, -0.1) is 0 Å². The van der Waals surface area contributed by atoms with E-state index in [9.17, 15) is 14.4 Å². The van der Waals surface area contributed by atoms with E-state index in [1.54, 1.807) is 20.3 Å². The van der Waals surface area contributed by atoms with Gasteiger partial charge < -0.3 is 14.5 Å². The van der Waals surface area contributed by atoms with Crippen LogP contribution in [-0.4, -0.2) is 48.3 Å². The first-order valence-corrected chi connectivity index (χ1v) is 7.32. The Morgan fingerprint density at radius 2 is 1.91 bits per heavy atom. The van der Waals surface area contributed by atoms with E-state index in [1.807, 2.05) is 30.3 Å². The second-order valence-corrected chi connectivity index (χ2v) is 5.54. The van der Waals surface area contributed by atoms with Crippen LogP contribution in [0.1, 0.15) is 30.5 Å². The van der Waals surface area contributed by atoms with Crippen molar-refractivity contribution in [1.29, 1.82) is 0 Å². The molecule has 1 atom stereocenters. The van der Waals surface area contributed by atoms with Crippen molar-refractivity contribution in [2.24, 2.45) is 0 Å². The minimum Gasteiger partial charge on any atom is -0.455 e. The number of fused-ring (bicyclic) bond motifs is 1. The summed E-state index contributed by atoms with van der Waals surface area (Å²) in [4.78, 5) is 38.2. The average Bonchev–Trinajstić information content (AvgIpc) is 2.52. The van der Waals surface area contributed by atoms with Crippen molar-refractivity contribution >= 4 is 23.9 Å². The van der Waals surface area contributed by atoms with Gasteiger partial charge in [0.15, 0.2) is 6.61 Å². The van der Waals surface area contributed by atoms with Gasteiger partial charge in [-0.25, -0.2) is 0 Å². The van der Waals surface area contributed by atoms with Crippen LogP contribution in [-0.2, 0) is 19.1 Å². The number of rotatable bonds is 4. The predicted octanol–water partition coefficient (Wildman–Crippen LogP) is 1.58. The highest BCUT2D eigenvalue weighted by molar-refractivity contribution is 5.82. The molecule has 0 spiro atoms. The van der Waals surface area contributed by atoms with Gasteiger partial charge in [-0.3, -0.25) is 14.4 Å². The Balaban J connectivity index is 2.12. The van der Waals surface area contributed by atoms with Crippen molar-refractivity contribution in [1.82, 2.24) is 9.80 Å². The van der Waals surface area contributed by atoms with E-state index >= 15 is 0 Å². The number of esters is 1. The lowest BCUT2D eigenvalue weighted by atomic mass is 9.94. The Morgan fingerprint density at radius 3 is 2.57 bits per heavy atom. The van der Waals surface area contributed by atoms with Gasteiger partial charge in [-0.05, 0) is 17.2 Å². The Morgan fingerprint density at radius 1 is 1.22 bits per heavy atom. The summed E-state index contributed by atoms with van der Waals surface area (Å²) in [5.41, 5.74) is 1.85. The summed E-state index contributed by atoms with van der Waals surface area (Å²) < 4.78 is 5.02. The van der Waals surface area contributed by atoms with Gasteiger partial charge in [0.25, 0.3) is 5.91 Å². The predicted molar refractivity (Wildman–Crippen MR) is 85.0 cm³/mol. The van der Waals surface area contributed by atoms with Crippen LogP contribution >= 0.6 is 0 Å². The normalized spacial score (nSPS) is 15.8. The Labute approximate surface area is 135 Å². The zero-order chi connectivity index (χ0) is 17.0. The number of benzene rings is 1. The number of ether oxygens (including phenoxy) is 1. The molecule has 1 aromatic rings. The maximum Gasteiger partial charge on any atom is 0.308 e. The minimum absolute atomic E-state index is 0.00163. The first kappa shape index (κ1) is 16.7. The summed E-state index contributed by atoms with van der Waals surface area (Å²) in [6, 6.07) is 7.16. The van der Waals surface area contributed by atoms with Gasteiger partial charge in [-0.1, -0.05) is 24.3 Å². The molecule has 0 N–H and O–H groups in total. The van der Waals surface area contributed by atoms with Gasteiger partial charge in [0, 0.05) is 27.2 Å². The lowest BCUT2D eigenvalue weighted by Gasteiger charge is -2.32. The topological polar surface area (TPSA) is 66.9 Å². The van der Waals surface area contributed by atoms with Crippen LogP contribution in [0.15, 0.2) is 30.5 Å². The number of hydrogen-bond acceptors (Lipinski definition) is 4. The third-order valence-electron chi connectivity index (χ3n) is 3.68. The second kappa shape index (κ2) is 7.09. The van der Waals surface area contributed by atoms with Crippen molar-refractivity contribution in [3.05, 3.63) is 41.6 Å². The number of carbonyl (C=O) groups is 3. The molecular weight excluding hydrogens is 296 g/mol. The summed E-state index contributed by atoms with van der Waals surface area (Å²) in [6.45, 7) is 1.16. The van der Waals surface area contributed by atoms with E-state index in [0.29, 0.717) is 0 Å². The van der Waals surface area contributed by atoms with Crippen molar-refractivity contribution in [2.45, 2.75) is 19.4 Å². The summed E-state index contributed by atoms with van der Waals surface area (Å²) >= 11 is 0. The quantitative estimate of drug-likeness (QED) is 0.791. The van der Waals surface area contributed by atoms with E-state index < -0.39 is 12.0 Å². The summed E-state index contributed by atoms with van der Waals surface area (Å²) in [5, 5.41) is 0. The zero-order valence-electron chi connectivity index (χ0n) is 13.5. The molecule has 6 heteroatoms. The van der Waals surface area contributed by atoms with Gasteiger partial charge in [0.2, 0.25) is 5.91 Å². The summed E-state index contributed by atoms with van der Waals surface area (Å²) in [5.74, 6) is -0.954. The standard InChI is InChI=1S/C17H20N2O4/c1-12(20)19-9-8-13-6-4-5-7-14(13)15(19)10-17(22)23-11-16(21)18(2)3/h4-9,15H,10-11H2,1-3H3/t15-/m1/s1. The van der Waals surface area contributed by atoms with E-state index in [0.717, 1.165) is 11.1 Å². The lowest BCUT2D eigenvalue weighted by Crippen LogP contribution is -2.33. The van der Waals surface area contributed by atoms with E-state index in [-0.39, 0.29) is 24.8 Å². The van der Waals surface area contributed by atoms with Gasteiger partial charge in [0.1, 0.15) is 0 Å². The molecular formula is C17H20N2O4. The van der Waals surface area contributed by atoms with Crippen LogP contribution in [0, 0.1) is 0 Å². The highest BCUT2D eigenvalue weighted by atomic mass is 16.5. The van der Waals surface area contributed by atoms with Crippen molar-refractivity contribution in [2.75, 3.05) is 20.7 Å². The van der Waals surface area contributed by atoms with Crippen molar-refractivity contribution < 1.29 is 19.1 Å². The number of hydrogen-bond donors (Lipinski definition) is 0. The van der Waals surface area contributed by atoms with E-state index in [2.05, 4.69) is 0 Å². The van der Waals surface area contributed by atoms with Crippen molar-refractivity contribution in [3.8, 4) is 0 Å². The van der Waals surface area contributed by atoms with Gasteiger partial charge in [-0.2, -0.15) is 0 Å². The first-order valence-electron chi connectivity index (χ1n) is 7.32. The maximum atomic E-state index is 12.1. The summed E-state index contributed by atoms with van der Waals surface area (Å²) in [6.07, 6.45) is 3.52. The molecule has 1 aliphatic heterocycles. The molecule has 1 aliphatic rings. The highest BCUT2D eigenvalue weighted by Crippen LogP contribution is 2.32. The molecule has 0 saturated heterocycles. The molecule has 0 aliphatic carbocycles. The Bertz CT molecular complexity index is 652.